The molecule has 0 rings (SSSR count). The quantitative estimate of drug-likeness (QED) is 0.287. The van der Waals surface area contributed by atoms with Crippen LogP contribution in [0.25, 0.3) is 0 Å². The van der Waals surface area contributed by atoms with Crippen molar-refractivity contribution in [3.63, 3.8) is 0 Å². The summed E-state index contributed by atoms with van der Waals surface area (Å²) in [5, 5.41) is 13.8. The predicted molar refractivity (Wildman–Crippen MR) is 44.8 cm³/mol. The highest BCUT2D eigenvalue weighted by Gasteiger charge is 2.02. The van der Waals surface area contributed by atoms with Crippen LogP contribution >= 0.6 is 0 Å². The van der Waals surface area contributed by atoms with E-state index >= 15 is 0 Å². The lowest BCUT2D eigenvalue weighted by molar-refractivity contribution is -0.117. The van der Waals surface area contributed by atoms with Gasteiger partial charge in [0.2, 0.25) is 5.91 Å². The van der Waals surface area contributed by atoms with Crippen LogP contribution in [-0.4, -0.2) is 24.7 Å². The van der Waals surface area contributed by atoms with Crippen LogP contribution in [0.4, 0.5) is 0 Å². The van der Waals surface area contributed by atoms with Gasteiger partial charge in [-0.05, 0) is 13.7 Å². The Morgan fingerprint density at radius 2 is 2.27 bits per heavy atom. The number of nitrogens with one attached hydrogen (secondary N) is 2. The average Bonchev–Trinajstić information content (AvgIpc) is 1.86. The number of hydrogen-bond acceptors (Lipinski definition) is 3. The van der Waals surface area contributed by atoms with Gasteiger partial charge in [-0.3, -0.25) is 4.79 Å². The van der Waals surface area contributed by atoms with Crippen LogP contribution in [-0.2, 0) is 4.79 Å². The highest BCUT2D eigenvalue weighted by molar-refractivity contribution is 6.45. The maximum atomic E-state index is 10.8. The summed E-state index contributed by atoms with van der Waals surface area (Å²) < 4.78 is 0. The van der Waals surface area contributed by atoms with Gasteiger partial charge in [0, 0.05) is 5.57 Å². The second kappa shape index (κ2) is 4.93. The molecule has 0 saturated heterocycles. The lowest BCUT2D eigenvalue weighted by atomic mass is 9.90. The van der Waals surface area contributed by atoms with E-state index in [1.807, 2.05) is 0 Å². The van der Waals surface area contributed by atoms with Gasteiger partial charge in [0.15, 0.2) is 0 Å². The van der Waals surface area contributed by atoms with Crippen LogP contribution < -0.4 is 10.5 Å². The van der Waals surface area contributed by atoms with Gasteiger partial charge < -0.3 is 15.6 Å². The van der Waals surface area contributed by atoms with E-state index in [4.69, 9.17) is 5.02 Å². The molecule has 0 aliphatic carbocycles. The standard InChI is InChI=1S/C6H13BN2O2/c1-5(2)6(10)8-4-9-7(3)11/h9,11H,1,4H2,2-3H3,(H,8,10). The molecule has 0 aromatic rings. The second-order valence-corrected chi connectivity index (χ2v) is 2.34. The first kappa shape index (κ1) is 10.2. The molecule has 0 fully saturated rings. The van der Waals surface area contributed by atoms with E-state index in [0.717, 1.165) is 0 Å². The molecule has 5 heteroatoms. The molecule has 0 aromatic carbocycles. The van der Waals surface area contributed by atoms with Crippen LogP contribution in [0.3, 0.4) is 0 Å². The molecule has 0 aromatic heterocycles. The summed E-state index contributed by atoms with van der Waals surface area (Å²) >= 11 is 0. The van der Waals surface area contributed by atoms with Crippen molar-refractivity contribution in [2.45, 2.75) is 13.7 Å². The average molecular weight is 156 g/mol. The first-order chi connectivity index (χ1) is 5.04. The van der Waals surface area contributed by atoms with E-state index < -0.39 is 7.05 Å². The van der Waals surface area contributed by atoms with E-state index in [9.17, 15) is 4.79 Å². The van der Waals surface area contributed by atoms with Gasteiger partial charge in [0.25, 0.3) is 0 Å². The Labute approximate surface area is 66.8 Å². The van der Waals surface area contributed by atoms with Crippen LogP contribution in [0.15, 0.2) is 12.2 Å². The van der Waals surface area contributed by atoms with E-state index in [-0.39, 0.29) is 12.6 Å². The number of hydrogen-bond donors (Lipinski definition) is 3. The summed E-state index contributed by atoms with van der Waals surface area (Å²) in [5.41, 5.74) is 0.456. The topological polar surface area (TPSA) is 61.4 Å². The van der Waals surface area contributed by atoms with Crippen molar-refractivity contribution in [3.8, 4) is 0 Å². The fraction of sp³-hybridized carbons (Fsp3) is 0.500. The fourth-order valence-corrected chi connectivity index (χ4v) is 0.430. The van der Waals surface area contributed by atoms with Crippen molar-refractivity contribution in [2.24, 2.45) is 0 Å². The molecule has 11 heavy (non-hydrogen) atoms. The summed E-state index contributed by atoms with van der Waals surface area (Å²) in [6, 6.07) is 0. The Kier molecular flexibility index (Phi) is 4.57. The fourth-order valence-electron chi connectivity index (χ4n) is 0.430. The summed E-state index contributed by atoms with van der Waals surface area (Å²) in [5.74, 6) is -0.210. The molecule has 1 amide bonds. The molecule has 0 spiro atoms. The van der Waals surface area contributed by atoms with Crippen LogP contribution in [0.5, 0.6) is 0 Å². The van der Waals surface area contributed by atoms with Crippen LogP contribution in [0, 0.1) is 0 Å². The van der Waals surface area contributed by atoms with Gasteiger partial charge in [-0.1, -0.05) is 6.58 Å². The van der Waals surface area contributed by atoms with E-state index in [1.165, 1.54) is 0 Å². The van der Waals surface area contributed by atoms with Crippen molar-refractivity contribution < 1.29 is 9.82 Å². The van der Waals surface area contributed by atoms with Gasteiger partial charge in [-0.25, -0.2) is 0 Å². The van der Waals surface area contributed by atoms with E-state index in [0.29, 0.717) is 5.57 Å². The third-order valence-electron chi connectivity index (χ3n) is 1.03. The Bertz CT molecular complexity index is 159. The SMILES string of the molecule is C=C(C)C(=O)NCNB(C)O. The third kappa shape index (κ3) is 5.63. The van der Waals surface area contributed by atoms with E-state index in [1.54, 1.807) is 13.7 Å². The highest BCUT2D eigenvalue weighted by atomic mass is 16.2. The molecule has 0 aliphatic heterocycles. The zero-order valence-electron chi connectivity index (χ0n) is 6.85. The lowest BCUT2D eigenvalue weighted by Crippen LogP contribution is -2.41. The Morgan fingerprint density at radius 3 is 2.64 bits per heavy atom. The number of amides is 1. The molecular formula is C6H13BN2O2. The molecule has 3 N–H and O–H groups in total. The van der Waals surface area contributed by atoms with Gasteiger partial charge in [-0.2, -0.15) is 0 Å². The monoisotopic (exact) mass is 156 g/mol. The molecule has 0 bridgehead atoms. The van der Waals surface area contributed by atoms with Crippen molar-refractivity contribution >= 4 is 13.0 Å². The molecule has 0 heterocycles. The maximum Gasteiger partial charge on any atom is 0.375 e. The maximum absolute atomic E-state index is 10.8. The van der Waals surface area contributed by atoms with Gasteiger partial charge >= 0.3 is 7.05 Å². The van der Waals surface area contributed by atoms with Gasteiger partial charge in [0.05, 0.1) is 6.67 Å². The van der Waals surface area contributed by atoms with Gasteiger partial charge in [-0.15, -0.1) is 0 Å². The molecule has 0 radical (unpaired) electrons. The van der Waals surface area contributed by atoms with Crippen molar-refractivity contribution in [1.29, 1.82) is 0 Å². The van der Waals surface area contributed by atoms with Gasteiger partial charge in [0.1, 0.15) is 0 Å². The Hall–Kier alpha value is -0.805. The Morgan fingerprint density at radius 1 is 1.73 bits per heavy atom. The number of carbonyl (C=O) groups is 1. The second-order valence-electron chi connectivity index (χ2n) is 2.34. The lowest BCUT2D eigenvalue weighted by Gasteiger charge is -2.05. The summed E-state index contributed by atoms with van der Waals surface area (Å²) in [4.78, 5) is 10.8. The van der Waals surface area contributed by atoms with Crippen LogP contribution in [0.2, 0.25) is 6.82 Å². The minimum Gasteiger partial charge on any atom is -0.437 e. The molecule has 4 nitrogen and oxygen atoms in total. The normalized spacial score (nSPS) is 9.00. The smallest absolute Gasteiger partial charge is 0.375 e. The first-order valence-corrected chi connectivity index (χ1v) is 3.39. The number of carbonyl (C=O) groups excluding carboxylic acids is 1. The first-order valence-electron chi connectivity index (χ1n) is 3.39. The summed E-state index contributed by atoms with van der Waals surface area (Å²) in [6.07, 6.45) is 0. The minimum absolute atomic E-state index is 0.210. The zero-order chi connectivity index (χ0) is 8.85. The minimum atomic E-state index is -0.611. The summed E-state index contributed by atoms with van der Waals surface area (Å²) in [6.45, 7) is 6.90. The van der Waals surface area contributed by atoms with Crippen molar-refractivity contribution in [1.82, 2.24) is 10.5 Å². The number of rotatable bonds is 4. The predicted octanol–water partition coefficient (Wildman–Crippen LogP) is -0.664. The van der Waals surface area contributed by atoms with Crippen molar-refractivity contribution in [2.75, 3.05) is 6.67 Å². The molecular weight excluding hydrogens is 143 g/mol. The largest absolute Gasteiger partial charge is 0.437 e. The van der Waals surface area contributed by atoms with Crippen LogP contribution in [0.1, 0.15) is 6.92 Å². The zero-order valence-corrected chi connectivity index (χ0v) is 6.85. The highest BCUT2D eigenvalue weighted by Crippen LogP contribution is 1.83. The molecule has 0 atom stereocenters. The Balaban J connectivity index is 3.40. The van der Waals surface area contributed by atoms with E-state index in [2.05, 4.69) is 17.1 Å². The molecule has 0 saturated carbocycles. The molecule has 62 valence electrons. The molecule has 0 aliphatic rings. The van der Waals surface area contributed by atoms with Crippen molar-refractivity contribution in [3.05, 3.63) is 12.2 Å². The molecule has 0 unspecified atom stereocenters. The summed E-state index contributed by atoms with van der Waals surface area (Å²) in [7, 11) is -0.611. The third-order valence-corrected chi connectivity index (χ3v) is 1.03.